The van der Waals surface area contributed by atoms with Crippen LogP contribution in [-0.4, -0.2) is 36.0 Å². The lowest BCUT2D eigenvalue weighted by Crippen LogP contribution is -2.50. The Hall–Kier alpha value is -2.91. The van der Waals surface area contributed by atoms with E-state index in [4.69, 9.17) is 5.32 Å². The number of hydrogen-bond acceptors (Lipinski definition) is 1. The molecule has 0 saturated carbocycles. The molecule has 29 heavy (non-hydrogen) atoms. The van der Waals surface area contributed by atoms with E-state index < -0.39 is 0 Å². The van der Waals surface area contributed by atoms with Gasteiger partial charge < -0.3 is 4.90 Å². The van der Waals surface area contributed by atoms with Crippen LogP contribution in [0.2, 0.25) is 0 Å². The van der Waals surface area contributed by atoms with Crippen molar-refractivity contribution in [1.82, 2.24) is 10.2 Å². The second-order valence-electron chi connectivity index (χ2n) is 7.68. The van der Waals surface area contributed by atoms with E-state index in [0.29, 0.717) is 6.54 Å². The topological polar surface area (TPSA) is 34.4 Å². The summed E-state index contributed by atoms with van der Waals surface area (Å²) in [4.78, 5) is 15.8. The molecule has 2 atom stereocenters. The molecule has 0 aliphatic carbocycles. The van der Waals surface area contributed by atoms with Gasteiger partial charge in [-0.25, -0.2) is 5.32 Å². The number of carbonyl (C=O) groups excluding carboxylic acids is 1. The third-order valence-corrected chi connectivity index (χ3v) is 5.63. The van der Waals surface area contributed by atoms with Crippen LogP contribution >= 0.6 is 0 Å². The molecule has 0 N–H and O–H groups in total. The van der Waals surface area contributed by atoms with Gasteiger partial charge in [0.1, 0.15) is 0 Å². The van der Waals surface area contributed by atoms with Crippen molar-refractivity contribution < 1.29 is 4.79 Å². The summed E-state index contributed by atoms with van der Waals surface area (Å²) in [6.45, 7) is 1.50. The van der Waals surface area contributed by atoms with E-state index in [9.17, 15) is 4.79 Å². The minimum Gasteiger partial charge on any atom is -0.331 e. The fourth-order valence-corrected chi connectivity index (χ4v) is 4.20. The van der Waals surface area contributed by atoms with Crippen LogP contribution in [0.25, 0.3) is 0 Å². The Bertz CT molecular complexity index is 844. The highest BCUT2D eigenvalue weighted by atomic mass is 16.2. The predicted molar refractivity (Wildman–Crippen MR) is 117 cm³/mol. The van der Waals surface area contributed by atoms with E-state index in [2.05, 4.69) is 53.4 Å². The lowest BCUT2D eigenvalue weighted by atomic mass is 9.97. The summed E-state index contributed by atoms with van der Waals surface area (Å²) in [7, 11) is 0. The Morgan fingerprint density at radius 1 is 0.759 bits per heavy atom. The summed E-state index contributed by atoms with van der Waals surface area (Å²) in [5, 5.41) is 4.77. The maximum absolute atomic E-state index is 13.6. The number of hydrogen-bond donors (Lipinski definition) is 0. The first kappa shape index (κ1) is 19.4. The molecule has 1 aliphatic heterocycles. The van der Waals surface area contributed by atoms with Gasteiger partial charge in [0.25, 0.3) is 5.91 Å². The summed E-state index contributed by atoms with van der Waals surface area (Å²) >= 11 is 0. The van der Waals surface area contributed by atoms with Gasteiger partial charge in [-0.1, -0.05) is 78.9 Å². The average molecular weight is 384 g/mol. The monoisotopic (exact) mass is 383 g/mol. The zero-order valence-electron chi connectivity index (χ0n) is 16.7. The molecule has 1 fully saturated rings. The number of amides is 1. The third kappa shape index (κ3) is 4.93. The molecule has 0 aromatic heterocycles. The quantitative estimate of drug-likeness (QED) is 0.645. The van der Waals surface area contributed by atoms with Gasteiger partial charge in [-0.2, -0.15) is 0 Å². The second-order valence-corrected chi connectivity index (χ2v) is 7.68. The Labute approximate surface area is 173 Å². The van der Waals surface area contributed by atoms with E-state index in [1.165, 1.54) is 11.1 Å². The van der Waals surface area contributed by atoms with Crippen molar-refractivity contribution >= 4 is 5.91 Å². The van der Waals surface area contributed by atoms with Crippen LogP contribution in [0.1, 0.15) is 27.9 Å². The Morgan fingerprint density at radius 3 is 1.86 bits per heavy atom. The fraction of sp³-hybridized carbons (Fsp3) is 0.269. The molecule has 3 nitrogen and oxygen atoms in total. The summed E-state index contributed by atoms with van der Waals surface area (Å²) in [5.74, 6) is 0.115. The zero-order valence-corrected chi connectivity index (χ0v) is 16.7. The van der Waals surface area contributed by atoms with E-state index >= 15 is 0 Å². The van der Waals surface area contributed by atoms with Crippen LogP contribution in [-0.2, 0) is 12.8 Å². The van der Waals surface area contributed by atoms with Crippen molar-refractivity contribution in [2.24, 2.45) is 0 Å². The van der Waals surface area contributed by atoms with Crippen molar-refractivity contribution in [3.8, 4) is 0 Å². The molecule has 1 radical (unpaired) electrons. The maximum Gasteiger partial charge on any atom is 0.254 e. The summed E-state index contributed by atoms with van der Waals surface area (Å²) in [5.41, 5.74) is 3.27. The third-order valence-electron chi connectivity index (χ3n) is 5.63. The van der Waals surface area contributed by atoms with Crippen molar-refractivity contribution in [3.05, 3.63) is 108 Å². The van der Waals surface area contributed by atoms with Gasteiger partial charge in [0.05, 0.1) is 6.04 Å². The van der Waals surface area contributed by atoms with Crippen LogP contribution in [0.3, 0.4) is 0 Å². The molecular weight excluding hydrogens is 356 g/mol. The Kier molecular flexibility index (Phi) is 6.38. The van der Waals surface area contributed by atoms with Gasteiger partial charge in [-0.05, 0) is 42.5 Å². The van der Waals surface area contributed by atoms with Crippen molar-refractivity contribution in [2.45, 2.75) is 31.3 Å². The lowest BCUT2D eigenvalue weighted by Gasteiger charge is -2.36. The Morgan fingerprint density at radius 2 is 1.28 bits per heavy atom. The summed E-state index contributed by atoms with van der Waals surface area (Å²) in [6.07, 6.45) is 2.59. The normalized spacial score (nSPS) is 19.5. The Balaban J connectivity index is 1.66. The second kappa shape index (κ2) is 9.53. The molecule has 0 bridgehead atoms. The smallest absolute Gasteiger partial charge is 0.254 e. The predicted octanol–water partition coefficient (Wildman–Crippen LogP) is 4.36. The van der Waals surface area contributed by atoms with Crippen LogP contribution in [0.5, 0.6) is 0 Å². The van der Waals surface area contributed by atoms with E-state index in [1.807, 2.05) is 42.5 Å². The molecule has 1 heterocycles. The maximum atomic E-state index is 13.6. The summed E-state index contributed by atoms with van der Waals surface area (Å²) < 4.78 is 0. The average Bonchev–Trinajstić information content (AvgIpc) is 2.97. The van der Waals surface area contributed by atoms with Gasteiger partial charge in [-0.15, -0.1) is 0 Å². The molecule has 147 valence electrons. The number of benzene rings is 3. The molecule has 1 saturated heterocycles. The minimum absolute atomic E-state index is 0.0707. The first-order valence-corrected chi connectivity index (χ1v) is 10.4. The van der Waals surface area contributed by atoms with Crippen molar-refractivity contribution in [3.63, 3.8) is 0 Å². The van der Waals surface area contributed by atoms with Gasteiger partial charge in [0.15, 0.2) is 0 Å². The number of carbonyl (C=O) groups is 1. The SMILES string of the molecule is O=C(c1ccccc1)N1C(Cc2ccccc2)CC[N]CC1Cc1ccccc1. The molecule has 3 aromatic rings. The standard InChI is InChI=1S/C26H27N2O/c29-26(23-14-8-3-9-15-23)28-24(18-21-10-4-1-5-11-21)16-17-27-20-25(28)19-22-12-6-2-7-13-22/h1-15,24-25H,16-20H2. The zero-order chi connectivity index (χ0) is 19.9. The van der Waals surface area contributed by atoms with Crippen LogP contribution in [0, 0.1) is 0 Å². The molecule has 4 rings (SSSR count). The molecule has 1 amide bonds. The minimum atomic E-state index is 0.0707. The molecule has 1 aliphatic rings. The van der Waals surface area contributed by atoms with Gasteiger partial charge >= 0.3 is 0 Å². The summed E-state index contributed by atoms with van der Waals surface area (Å²) in [6, 6.07) is 30.8. The largest absolute Gasteiger partial charge is 0.331 e. The van der Waals surface area contributed by atoms with Gasteiger partial charge in [0, 0.05) is 24.7 Å². The highest BCUT2D eigenvalue weighted by Crippen LogP contribution is 2.23. The van der Waals surface area contributed by atoms with Crippen molar-refractivity contribution in [2.75, 3.05) is 13.1 Å². The van der Waals surface area contributed by atoms with E-state index in [-0.39, 0.29) is 18.0 Å². The highest BCUT2D eigenvalue weighted by Gasteiger charge is 2.33. The first-order chi connectivity index (χ1) is 14.3. The molecule has 3 aromatic carbocycles. The molecular formula is C26H27N2O. The lowest BCUT2D eigenvalue weighted by molar-refractivity contribution is 0.0587. The van der Waals surface area contributed by atoms with Crippen LogP contribution in [0.4, 0.5) is 0 Å². The van der Waals surface area contributed by atoms with Gasteiger partial charge in [0.2, 0.25) is 0 Å². The number of nitrogens with zero attached hydrogens (tertiary/aromatic N) is 2. The number of rotatable bonds is 5. The molecule has 3 heteroatoms. The van der Waals surface area contributed by atoms with E-state index in [0.717, 1.165) is 31.4 Å². The molecule has 2 unspecified atom stereocenters. The van der Waals surface area contributed by atoms with Crippen LogP contribution in [0.15, 0.2) is 91.0 Å². The highest BCUT2D eigenvalue weighted by molar-refractivity contribution is 5.94. The first-order valence-electron chi connectivity index (χ1n) is 10.4. The van der Waals surface area contributed by atoms with E-state index in [1.54, 1.807) is 0 Å². The van der Waals surface area contributed by atoms with Crippen LogP contribution < -0.4 is 5.32 Å². The fourth-order valence-electron chi connectivity index (χ4n) is 4.20. The van der Waals surface area contributed by atoms with Crippen molar-refractivity contribution in [1.29, 1.82) is 0 Å². The molecule has 0 spiro atoms. The van der Waals surface area contributed by atoms with Gasteiger partial charge in [-0.3, -0.25) is 4.79 Å².